The summed E-state index contributed by atoms with van der Waals surface area (Å²) in [6, 6.07) is 3.79. The third-order valence-electron chi connectivity index (χ3n) is 5.04. The second kappa shape index (κ2) is 7.40. The van der Waals surface area contributed by atoms with Crippen LogP contribution in [0.5, 0.6) is 11.5 Å². The smallest absolute Gasteiger partial charge is 0.251 e. The number of hydrogen-bond donors (Lipinski definition) is 0. The first-order valence-corrected chi connectivity index (χ1v) is 9.29. The van der Waals surface area contributed by atoms with Gasteiger partial charge in [-0.1, -0.05) is 11.6 Å². The van der Waals surface area contributed by atoms with Crippen LogP contribution < -0.4 is 9.47 Å². The minimum absolute atomic E-state index is 0.153. The molecule has 7 heteroatoms. The van der Waals surface area contributed by atoms with E-state index in [0.29, 0.717) is 17.4 Å². The molecule has 0 radical (unpaired) electrons. The van der Waals surface area contributed by atoms with Crippen LogP contribution in [0.1, 0.15) is 24.8 Å². The van der Waals surface area contributed by atoms with Crippen LogP contribution in [0.25, 0.3) is 0 Å². The van der Waals surface area contributed by atoms with Gasteiger partial charge in [-0.15, -0.1) is 0 Å². The molecule has 4 rings (SSSR count). The molecule has 2 saturated heterocycles. The number of halogens is 1. The van der Waals surface area contributed by atoms with Gasteiger partial charge in [0.2, 0.25) is 6.79 Å². The van der Waals surface area contributed by atoms with E-state index in [4.69, 9.17) is 25.8 Å². The maximum Gasteiger partial charge on any atom is 0.251 e. The van der Waals surface area contributed by atoms with Crippen molar-refractivity contribution in [2.45, 2.75) is 31.9 Å². The highest BCUT2D eigenvalue weighted by atomic mass is 35.5. The van der Waals surface area contributed by atoms with Crippen molar-refractivity contribution >= 4 is 17.5 Å². The number of carbonyl (C=O) groups excluding carboxylic acids is 1. The zero-order valence-electron chi connectivity index (χ0n) is 14.2. The molecular formula is C18H23ClN2O4. The summed E-state index contributed by atoms with van der Waals surface area (Å²) in [6.45, 7) is 5.02. The predicted molar refractivity (Wildman–Crippen MR) is 93.0 cm³/mol. The summed E-state index contributed by atoms with van der Waals surface area (Å²) in [6.07, 6.45) is 2.57. The molecule has 0 bridgehead atoms. The molecule has 3 heterocycles. The topological polar surface area (TPSA) is 51.2 Å². The molecule has 3 aliphatic heterocycles. The van der Waals surface area contributed by atoms with Gasteiger partial charge in [0.15, 0.2) is 11.5 Å². The van der Waals surface area contributed by atoms with E-state index in [1.54, 1.807) is 0 Å². The van der Waals surface area contributed by atoms with Gasteiger partial charge in [-0.25, -0.2) is 0 Å². The molecule has 1 unspecified atom stereocenters. The third-order valence-corrected chi connectivity index (χ3v) is 5.39. The Hall–Kier alpha value is -1.50. The minimum atomic E-state index is -0.227. The number of nitrogens with zero attached hydrogens (tertiary/aromatic N) is 2. The van der Waals surface area contributed by atoms with Crippen molar-refractivity contribution in [3.05, 3.63) is 22.7 Å². The average Bonchev–Trinajstić information content (AvgIpc) is 3.23. The Labute approximate surface area is 152 Å². The van der Waals surface area contributed by atoms with E-state index in [9.17, 15) is 4.79 Å². The quantitative estimate of drug-likeness (QED) is 0.821. The van der Waals surface area contributed by atoms with Crippen molar-refractivity contribution in [2.24, 2.45) is 0 Å². The van der Waals surface area contributed by atoms with Crippen molar-refractivity contribution in [3.63, 3.8) is 0 Å². The molecule has 0 aromatic heterocycles. The summed E-state index contributed by atoms with van der Waals surface area (Å²) in [5.41, 5.74) is 1.03. The molecule has 0 N–H and O–H groups in total. The number of rotatable bonds is 3. The van der Waals surface area contributed by atoms with Crippen LogP contribution in [0.4, 0.5) is 0 Å². The molecule has 2 fully saturated rings. The molecule has 0 aliphatic carbocycles. The van der Waals surface area contributed by atoms with Crippen molar-refractivity contribution in [3.8, 4) is 11.5 Å². The molecular weight excluding hydrogens is 344 g/mol. The highest BCUT2D eigenvalue weighted by Gasteiger charge is 2.29. The minimum Gasteiger partial charge on any atom is -0.454 e. The lowest BCUT2D eigenvalue weighted by Crippen LogP contribution is -2.41. The van der Waals surface area contributed by atoms with Gasteiger partial charge in [-0.05, 0) is 30.9 Å². The van der Waals surface area contributed by atoms with E-state index in [1.807, 2.05) is 17.0 Å². The van der Waals surface area contributed by atoms with E-state index in [2.05, 4.69) is 4.90 Å². The highest BCUT2D eigenvalue weighted by Crippen LogP contribution is 2.37. The summed E-state index contributed by atoms with van der Waals surface area (Å²) < 4.78 is 16.3. The normalized spacial score (nSPS) is 23.7. The number of ether oxygens (including phenoxy) is 3. The van der Waals surface area contributed by atoms with Gasteiger partial charge < -0.3 is 19.1 Å². The zero-order chi connectivity index (χ0) is 17.2. The van der Waals surface area contributed by atoms with Crippen LogP contribution in [0.15, 0.2) is 12.1 Å². The number of benzene rings is 1. The number of carbonyl (C=O) groups is 1. The summed E-state index contributed by atoms with van der Waals surface area (Å²) in [5.74, 6) is 1.61. The number of hydrogen-bond acceptors (Lipinski definition) is 5. The summed E-state index contributed by atoms with van der Waals surface area (Å²) in [7, 11) is 0. The maximum atomic E-state index is 12.5. The van der Waals surface area contributed by atoms with Crippen LogP contribution in [0, 0.1) is 0 Å². The van der Waals surface area contributed by atoms with Crippen LogP contribution in [0.3, 0.4) is 0 Å². The van der Waals surface area contributed by atoms with Crippen LogP contribution >= 0.6 is 11.6 Å². The number of amides is 1. The fourth-order valence-electron chi connectivity index (χ4n) is 3.65. The Morgan fingerprint density at radius 1 is 1.12 bits per heavy atom. The lowest BCUT2D eigenvalue weighted by atomic mass is 10.2. The predicted octanol–water partition coefficient (Wildman–Crippen LogP) is 2.28. The Balaban J connectivity index is 1.37. The molecule has 0 saturated carbocycles. The van der Waals surface area contributed by atoms with Gasteiger partial charge >= 0.3 is 0 Å². The van der Waals surface area contributed by atoms with E-state index in [1.165, 1.54) is 0 Å². The standard InChI is InChI=1S/C18H23ClN2O4/c19-14-10-17-16(24-12-25-17)9-13(14)11-20-4-2-5-21(7-6-20)18(22)15-3-1-8-23-15/h9-10,15H,1-8,11-12H2. The second-order valence-electron chi connectivity index (χ2n) is 6.75. The lowest BCUT2D eigenvalue weighted by Gasteiger charge is -2.24. The molecule has 1 atom stereocenters. The van der Waals surface area contributed by atoms with E-state index >= 15 is 0 Å². The molecule has 25 heavy (non-hydrogen) atoms. The van der Waals surface area contributed by atoms with Crippen LogP contribution in [-0.4, -0.2) is 61.4 Å². The van der Waals surface area contributed by atoms with Gasteiger partial charge in [0.1, 0.15) is 6.10 Å². The highest BCUT2D eigenvalue weighted by molar-refractivity contribution is 6.31. The lowest BCUT2D eigenvalue weighted by molar-refractivity contribution is -0.140. The van der Waals surface area contributed by atoms with Gasteiger partial charge in [-0.2, -0.15) is 0 Å². The first-order chi connectivity index (χ1) is 12.2. The fourth-order valence-corrected chi connectivity index (χ4v) is 3.86. The summed E-state index contributed by atoms with van der Waals surface area (Å²) in [4.78, 5) is 16.8. The fraction of sp³-hybridized carbons (Fsp3) is 0.611. The van der Waals surface area contributed by atoms with Crippen LogP contribution in [0.2, 0.25) is 5.02 Å². The first-order valence-electron chi connectivity index (χ1n) is 8.91. The van der Waals surface area contributed by atoms with Gasteiger partial charge in [0.05, 0.1) is 0 Å². The molecule has 1 aromatic carbocycles. The van der Waals surface area contributed by atoms with Crippen molar-refractivity contribution < 1.29 is 19.0 Å². The van der Waals surface area contributed by atoms with Crippen molar-refractivity contribution in [1.82, 2.24) is 9.80 Å². The first kappa shape index (κ1) is 16.9. The Bertz CT molecular complexity index is 648. The molecule has 136 valence electrons. The van der Waals surface area contributed by atoms with Gasteiger partial charge in [-0.3, -0.25) is 9.69 Å². The molecule has 1 amide bonds. The summed E-state index contributed by atoms with van der Waals surface area (Å²) in [5, 5.41) is 0.695. The Kier molecular flexibility index (Phi) is 5.01. The maximum absolute atomic E-state index is 12.5. The molecule has 3 aliphatic rings. The summed E-state index contributed by atoms with van der Waals surface area (Å²) >= 11 is 6.39. The van der Waals surface area contributed by atoms with Crippen LogP contribution in [-0.2, 0) is 16.1 Å². The largest absolute Gasteiger partial charge is 0.454 e. The van der Waals surface area contributed by atoms with E-state index in [-0.39, 0.29) is 18.8 Å². The Morgan fingerprint density at radius 3 is 2.76 bits per heavy atom. The van der Waals surface area contributed by atoms with E-state index < -0.39 is 0 Å². The van der Waals surface area contributed by atoms with E-state index in [0.717, 1.165) is 63.3 Å². The number of fused-ring (bicyclic) bond motifs is 1. The second-order valence-corrected chi connectivity index (χ2v) is 7.16. The van der Waals surface area contributed by atoms with Gasteiger partial charge in [0, 0.05) is 50.4 Å². The van der Waals surface area contributed by atoms with Gasteiger partial charge in [0.25, 0.3) is 5.91 Å². The average molecular weight is 367 g/mol. The van der Waals surface area contributed by atoms with Crippen molar-refractivity contribution in [2.75, 3.05) is 39.6 Å². The Morgan fingerprint density at radius 2 is 1.96 bits per heavy atom. The molecule has 0 spiro atoms. The monoisotopic (exact) mass is 366 g/mol. The SMILES string of the molecule is O=C(C1CCCO1)N1CCCN(Cc2cc3c(cc2Cl)OCO3)CC1. The molecule has 1 aromatic rings. The zero-order valence-corrected chi connectivity index (χ0v) is 15.0. The third kappa shape index (κ3) is 3.71. The molecule has 6 nitrogen and oxygen atoms in total. The van der Waals surface area contributed by atoms with Crippen molar-refractivity contribution in [1.29, 1.82) is 0 Å².